The van der Waals surface area contributed by atoms with E-state index in [1.807, 2.05) is 36.4 Å². The van der Waals surface area contributed by atoms with Crippen LogP contribution >= 0.6 is 15.9 Å². The molecule has 1 fully saturated rings. The number of nitrogens with zero attached hydrogens (tertiary/aromatic N) is 1. The Hall–Kier alpha value is -5.29. The number of benzene rings is 3. The van der Waals surface area contributed by atoms with Gasteiger partial charge >= 0.3 is 5.97 Å². The van der Waals surface area contributed by atoms with Gasteiger partial charge in [0.05, 0.1) is 22.0 Å². The molecule has 0 saturated carbocycles. The summed E-state index contributed by atoms with van der Waals surface area (Å²) < 4.78 is 5.97. The maximum absolute atomic E-state index is 14.1. The highest BCUT2D eigenvalue weighted by Crippen LogP contribution is 2.56. The number of amides is 2. The number of hydrogen-bond acceptors (Lipinski definition) is 8. The van der Waals surface area contributed by atoms with E-state index in [4.69, 9.17) is 4.74 Å². The third-order valence-corrected chi connectivity index (χ3v) is 9.95. The molecular formula is C36H26BrNO9. The molecule has 0 bridgehead atoms. The Morgan fingerprint density at radius 3 is 2.38 bits per heavy atom. The van der Waals surface area contributed by atoms with Gasteiger partial charge in [-0.25, -0.2) is 9.69 Å². The standard InChI is InChI=1S/C36H26BrNO9/c37-26-15-29(41)32-25(33(26)42)14-24-20(30(32)21-9-7-19(13-28(21)40)47-16-17-4-2-1-3-5-17)10-11-23-31(24)35(44)38(34(23)43)18-6-8-22(36(45)46)27(39)12-18/h1-10,12-13,15,23-24,30-31,39-40H,11,14,16H2,(H,45,46)/t23-,24+,30+,31-/m0/s1. The van der Waals surface area contributed by atoms with Crippen LogP contribution in [0.15, 0.2) is 100 Å². The molecule has 7 rings (SSSR count). The predicted octanol–water partition coefficient (Wildman–Crippen LogP) is 5.34. The molecular weight excluding hydrogens is 670 g/mol. The van der Waals surface area contributed by atoms with Gasteiger partial charge in [0.15, 0.2) is 11.6 Å². The van der Waals surface area contributed by atoms with E-state index < -0.39 is 58.8 Å². The van der Waals surface area contributed by atoms with Crippen molar-refractivity contribution in [3.8, 4) is 17.2 Å². The zero-order valence-corrected chi connectivity index (χ0v) is 26.1. The first kappa shape index (κ1) is 30.4. The van der Waals surface area contributed by atoms with Crippen LogP contribution in [0.4, 0.5) is 5.69 Å². The van der Waals surface area contributed by atoms with Crippen LogP contribution in [-0.2, 0) is 25.8 Å². The second-order valence-electron chi connectivity index (χ2n) is 11.9. The number of carbonyl (C=O) groups is 5. The highest BCUT2D eigenvalue weighted by Gasteiger charge is 2.57. The Morgan fingerprint density at radius 1 is 0.915 bits per heavy atom. The summed E-state index contributed by atoms with van der Waals surface area (Å²) in [5.74, 6) is -6.79. The Kier molecular flexibility index (Phi) is 7.43. The van der Waals surface area contributed by atoms with Crippen molar-refractivity contribution in [3.05, 3.63) is 117 Å². The van der Waals surface area contributed by atoms with Crippen molar-refractivity contribution in [1.82, 2.24) is 0 Å². The van der Waals surface area contributed by atoms with Crippen molar-refractivity contribution in [2.75, 3.05) is 4.90 Å². The number of aromatic carboxylic acids is 1. The molecule has 0 spiro atoms. The Morgan fingerprint density at radius 2 is 1.68 bits per heavy atom. The Bertz CT molecular complexity index is 2010. The van der Waals surface area contributed by atoms with Crippen molar-refractivity contribution >= 4 is 51.0 Å². The van der Waals surface area contributed by atoms with Gasteiger partial charge in [0.25, 0.3) is 0 Å². The summed E-state index contributed by atoms with van der Waals surface area (Å²) in [4.78, 5) is 67.2. The van der Waals surface area contributed by atoms with Crippen LogP contribution in [0.1, 0.15) is 40.2 Å². The molecule has 0 aromatic heterocycles. The summed E-state index contributed by atoms with van der Waals surface area (Å²) in [6.07, 6.45) is 3.23. The zero-order chi connectivity index (χ0) is 33.1. The lowest BCUT2D eigenvalue weighted by molar-refractivity contribution is -0.123. The van der Waals surface area contributed by atoms with Gasteiger partial charge in [0, 0.05) is 40.8 Å². The minimum atomic E-state index is -1.36. The number of Topliss-reactive ketones (excluding diaryl/α,β-unsaturated/α-hetero) is 1. The first-order chi connectivity index (χ1) is 22.5. The minimum absolute atomic E-state index is 0.0292. The number of ketones is 2. The average molecular weight is 697 g/mol. The van der Waals surface area contributed by atoms with E-state index in [0.717, 1.165) is 22.6 Å². The highest BCUT2D eigenvalue weighted by atomic mass is 79.9. The largest absolute Gasteiger partial charge is 0.507 e. The third-order valence-electron chi connectivity index (χ3n) is 9.36. The van der Waals surface area contributed by atoms with Crippen molar-refractivity contribution < 1.29 is 44.0 Å². The van der Waals surface area contributed by atoms with E-state index in [0.29, 0.717) is 16.9 Å². The van der Waals surface area contributed by atoms with Crippen LogP contribution in [-0.4, -0.2) is 44.7 Å². The van der Waals surface area contributed by atoms with Crippen LogP contribution in [0.3, 0.4) is 0 Å². The van der Waals surface area contributed by atoms with Gasteiger partial charge in [-0.2, -0.15) is 0 Å². The molecule has 0 unspecified atom stereocenters. The van der Waals surface area contributed by atoms with E-state index in [2.05, 4.69) is 15.9 Å². The number of hydrogen-bond donors (Lipinski definition) is 3. The second kappa shape index (κ2) is 11.5. The number of carbonyl (C=O) groups excluding carboxylic acids is 4. The van der Waals surface area contributed by atoms with Gasteiger partial charge in [-0.05, 0) is 58.5 Å². The number of allylic oxidation sites excluding steroid dienone is 6. The molecule has 3 aromatic carbocycles. The summed E-state index contributed by atoms with van der Waals surface area (Å²) >= 11 is 3.20. The van der Waals surface area contributed by atoms with Crippen molar-refractivity contribution in [2.24, 2.45) is 17.8 Å². The summed E-state index contributed by atoms with van der Waals surface area (Å²) in [6, 6.07) is 17.8. The van der Waals surface area contributed by atoms with Crippen LogP contribution in [0.2, 0.25) is 0 Å². The van der Waals surface area contributed by atoms with E-state index >= 15 is 0 Å². The fraction of sp³-hybridized carbons (Fsp3) is 0.194. The molecule has 3 N–H and O–H groups in total. The predicted molar refractivity (Wildman–Crippen MR) is 171 cm³/mol. The molecule has 236 valence electrons. The maximum atomic E-state index is 14.1. The molecule has 3 aromatic rings. The van der Waals surface area contributed by atoms with Crippen molar-refractivity contribution in [3.63, 3.8) is 0 Å². The molecule has 4 aliphatic rings. The van der Waals surface area contributed by atoms with Gasteiger partial charge in [-0.3, -0.25) is 19.2 Å². The third kappa shape index (κ3) is 4.98. The van der Waals surface area contributed by atoms with E-state index in [-0.39, 0.29) is 52.1 Å². The minimum Gasteiger partial charge on any atom is -0.507 e. The number of halogens is 1. The lowest BCUT2D eigenvalue weighted by Gasteiger charge is -2.42. The number of imide groups is 1. The van der Waals surface area contributed by atoms with Crippen LogP contribution in [0.25, 0.3) is 0 Å². The number of carboxylic acids is 1. The molecule has 4 atom stereocenters. The second-order valence-corrected chi connectivity index (χ2v) is 12.8. The first-order valence-corrected chi connectivity index (χ1v) is 15.7. The normalized spacial score (nSPS) is 23.6. The van der Waals surface area contributed by atoms with Gasteiger partial charge in [-0.15, -0.1) is 0 Å². The number of phenols is 2. The summed E-state index contributed by atoms with van der Waals surface area (Å²) in [7, 11) is 0. The van der Waals surface area contributed by atoms with Crippen LogP contribution < -0.4 is 9.64 Å². The lowest BCUT2D eigenvalue weighted by atomic mass is 9.59. The molecule has 1 heterocycles. The molecule has 3 aliphatic carbocycles. The Labute approximate surface area is 276 Å². The molecule has 11 heteroatoms. The number of aromatic hydroxyl groups is 2. The number of anilines is 1. The number of ether oxygens (including phenoxy) is 1. The number of carboxylic acid groups (broad SMARTS) is 1. The van der Waals surface area contributed by atoms with Crippen LogP contribution in [0, 0.1) is 17.8 Å². The monoisotopic (exact) mass is 695 g/mol. The molecule has 0 radical (unpaired) electrons. The van der Waals surface area contributed by atoms with Gasteiger partial charge < -0.3 is 20.1 Å². The molecule has 1 aliphatic heterocycles. The summed E-state index contributed by atoms with van der Waals surface area (Å²) in [5, 5.41) is 30.9. The number of rotatable bonds is 6. The maximum Gasteiger partial charge on any atom is 0.339 e. The Balaban J connectivity index is 1.27. The summed E-state index contributed by atoms with van der Waals surface area (Å²) in [5.41, 5.74) is 2.03. The smallest absolute Gasteiger partial charge is 0.339 e. The van der Waals surface area contributed by atoms with Gasteiger partial charge in [-0.1, -0.05) is 48.0 Å². The number of fused-ring (bicyclic) bond motifs is 3. The SMILES string of the molecule is O=C1C=C(Br)C(=O)C2=C1[C@@H](c1ccc(OCc3ccccc3)cc1O)C1=CC[C@@H]3C(=O)N(c4ccc(C(=O)O)c(O)c4)C(=O)[C@@H]3[C@@H]1C2. The first-order valence-electron chi connectivity index (χ1n) is 14.9. The highest BCUT2D eigenvalue weighted by molar-refractivity contribution is 9.12. The molecule has 2 amide bonds. The van der Waals surface area contributed by atoms with E-state index in [9.17, 15) is 39.3 Å². The average Bonchev–Trinajstić information content (AvgIpc) is 3.31. The fourth-order valence-corrected chi connectivity index (χ4v) is 7.70. The van der Waals surface area contributed by atoms with Gasteiger partial charge in [0.1, 0.15) is 29.4 Å². The summed E-state index contributed by atoms with van der Waals surface area (Å²) in [6.45, 7) is 0.268. The topological polar surface area (TPSA) is 159 Å². The quantitative estimate of drug-likeness (QED) is 0.176. The molecule has 47 heavy (non-hydrogen) atoms. The lowest BCUT2D eigenvalue weighted by Crippen LogP contribution is -2.39. The number of phenolic OH excluding ortho intramolecular Hbond substituents is 1. The van der Waals surface area contributed by atoms with Crippen LogP contribution in [0.5, 0.6) is 17.2 Å². The van der Waals surface area contributed by atoms with Gasteiger partial charge in [0.2, 0.25) is 11.8 Å². The zero-order valence-electron chi connectivity index (χ0n) is 24.6. The molecule has 10 nitrogen and oxygen atoms in total. The molecule has 1 saturated heterocycles. The van der Waals surface area contributed by atoms with Crippen molar-refractivity contribution in [1.29, 1.82) is 0 Å². The van der Waals surface area contributed by atoms with E-state index in [1.54, 1.807) is 12.1 Å². The van der Waals surface area contributed by atoms with E-state index in [1.165, 1.54) is 18.2 Å². The fourth-order valence-electron chi connectivity index (χ4n) is 7.25. The van der Waals surface area contributed by atoms with Crippen molar-refractivity contribution in [2.45, 2.75) is 25.4 Å².